The first-order chi connectivity index (χ1) is 16.2. The fourth-order valence-electron chi connectivity index (χ4n) is 3.37. The van der Waals surface area contributed by atoms with Crippen molar-refractivity contribution in [2.75, 3.05) is 0 Å². The molecule has 3 aromatic rings. The molecule has 0 radical (unpaired) electrons. The highest BCUT2D eigenvalue weighted by Gasteiger charge is 2.19. The van der Waals surface area contributed by atoms with Gasteiger partial charge in [-0.05, 0) is 70.8 Å². The van der Waals surface area contributed by atoms with Gasteiger partial charge in [0.1, 0.15) is 34.5 Å². The van der Waals surface area contributed by atoms with Gasteiger partial charge in [-0.25, -0.2) is 0 Å². The molecule has 6 nitrogen and oxygen atoms in total. The van der Waals surface area contributed by atoms with Crippen LogP contribution in [0.4, 0.5) is 0 Å². The molecule has 6 heteroatoms. The van der Waals surface area contributed by atoms with Crippen LogP contribution in [-0.2, 0) is 16.2 Å². The third kappa shape index (κ3) is 9.25. The predicted octanol–water partition coefficient (Wildman–Crippen LogP) is 7.19. The predicted molar refractivity (Wildman–Crippen MR) is 145 cm³/mol. The van der Waals surface area contributed by atoms with Crippen molar-refractivity contribution in [3.8, 4) is 34.5 Å². The number of rotatable bonds is 0. The van der Waals surface area contributed by atoms with E-state index in [4.69, 9.17) is 0 Å². The van der Waals surface area contributed by atoms with Crippen molar-refractivity contribution in [3.63, 3.8) is 0 Å². The van der Waals surface area contributed by atoms with Crippen LogP contribution >= 0.6 is 0 Å². The van der Waals surface area contributed by atoms with Crippen LogP contribution < -0.4 is 0 Å². The van der Waals surface area contributed by atoms with E-state index >= 15 is 0 Å². The van der Waals surface area contributed by atoms with Crippen LogP contribution in [-0.4, -0.2) is 30.6 Å². The van der Waals surface area contributed by atoms with Gasteiger partial charge in [0.25, 0.3) is 0 Å². The molecule has 198 valence electrons. The second-order valence-electron chi connectivity index (χ2n) is 11.9. The van der Waals surface area contributed by atoms with Gasteiger partial charge in [0.05, 0.1) is 0 Å². The number of phenolic OH excluding ortho intramolecular Hbond substituents is 6. The molecule has 0 unspecified atom stereocenters. The molecular formula is C30H42O6. The van der Waals surface area contributed by atoms with Gasteiger partial charge < -0.3 is 30.6 Å². The lowest BCUT2D eigenvalue weighted by Crippen LogP contribution is -2.10. The van der Waals surface area contributed by atoms with E-state index in [0.717, 1.165) is 16.7 Å². The monoisotopic (exact) mass is 498 g/mol. The van der Waals surface area contributed by atoms with Gasteiger partial charge in [-0.2, -0.15) is 0 Å². The molecule has 0 atom stereocenters. The van der Waals surface area contributed by atoms with E-state index in [1.54, 1.807) is 18.2 Å². The highest BCUT2D eigenvalue weighted by Crippen LogP contribution is 2.34. The second-order valence-corrected chi connectivity index (χ2v) is 11.9. The molecule has 0 saturated heterocycles. The molecular weight excluding hydrogens is 456 g/mol. The summed E-state index contributed by atoms with van der Waals surface area (Å²) in [5.41, 5.74) is 1.89. The zero-order valence-electron chi connectivity index (χ0n) is 22.9. The maximum absolute atomic E-state index is 9.46. The molecule has 0 fully saturated rings. The molecule has 6 N–H and O–H groups in total. The van der Waals surface area contributed by atoms with Crippen LogP contribution in [0.1, 0.15) is 79.0 Å². The van der Waals surface area contributed by atoms with E-state index in [2.05, 4.69) is 0 Å². The summed E-state index contributed by atoms with van der Waals surface area (Å²) in [6.07, 6.45) is 0. The first kappa shape index (κ1) is 30.5. The van der Waals surface area contributed by atoms with Crippen LogP contribution in [0.3, 0.4) is 0 Å². The lowest BCUT2D eigenvalue weighted by atomic mass is 9.86. The molecule has 0 aliphatic carbocycles. The standard InChI is InChI=1S/3C10H14O2/c3*1-10(2,3)8-6-7(11)4-5-9(8)12/h3*4-6,11-12H,1-3H3. The van der Waals surface area contributed by atoms with E-state index < -0.39 is 0 Å². The van der Waals surface area contributed by atoms with Crippen molar-refractivity contribution in [3.05, 3.63) is 71.3 Å². The van der Waals surface area contributed by atoms with Crippen molar-refractivity contribution in [1.29, 1.82) is 0 Å². The Labute approximate surface area is 215 Å². The Morgan fingerprint density at radius 2 is 0.556 bits per heavy atom. The summed E-state index contributed by atoms with van der Waals surface area (Å²) in [7, 11) is 0. The van der Waals surface area contributed by atoms with E-state index in [9.17, 15) is 30.6 Å². The second kappa shape index (κ2) is 11.5. The fourth-order valence-corrected chi connectivity index (χ4v) is 3.37. The molecule has 0 aliphatic heterocycles. The third-order valence-electron chi connectivity index (χ3n) is 5.36. The molecule has 0 spiro atoms. The van der Waals surface area contributed by atoms with Gasteiger partial charge in [0.2, 0.25) is 0 Å². The van der Waals surface area contributed by atoms with Crippen LogP contribution in [0.25, 0.3) is 0 Å². The molecule has 3 aromatic carbocycles. The molecule has 3 rings (SSSR count). The molecule has 0 bridgehead atoms. The van der Waals surface area contributed by atoms with E-state index in [1.807, 2.05) is 62.3 Å². The topological polar surface area (TPSA) is 121 Å². The largest absolute Gasteiger partial charge is 0.508 e. The Bertz CT molecular complexity index is 999. The summed E-state index contributed by atoms with van der Waals surface area (Å²) in [4.78, 5) is 0. The smallest absolute Gasteiger partial charge is 0.119 e. The average Bonchev–Trinajstić information content (AvgIpc) is 2.72. The van der Waals surface area contributed by atoms with Gasteiger partial charge in [-0.15, -0.1) is 0 Å². The Morgan fingerprint density at radius 3 is 0.694 bits per heavy atom. The molecule has 0 amide bonds. The number of hydrogen-bond acceptors (Lipinski definition) is 6. The van der Waals surface area contributed by atoms with E-state index in [-0.39, 0.29) is 50.7 Å². The number of phenols is 6. The Morgan fingerprint density at radius 1 is 0.361 bits per heavy atom. The average molecular weight is 499 g/mol. The molecule has 0 aliphatic rings. The Balaban J connectivity index is 0.000000270. The summed E-state index contributed by atoms with van der Waals surface area (Å²) in [5, 5.41) is 55.9. The minimum atomic E-state index is -0.136. The highest BCUT2D eigenvalue weighted by molar-refractivity contribution is 5.44. The van der Waals surface area contributed by atoms with E-state index in [0.29, 0.717) is 0 Å². The van der Waals surface area contributed by atoms with Gasteiger partial charge in [0.15, 0.2) is 0 Å². The van der Waals surface area contributed by atoms with Crippen LogP contribution in [0.2, 0.25) is 0 Å². The zero-order valence-corrected chi connectivity index (χ0v) is 22.9. The van der Waals surface area contributed by atoms with E-state index in [1.165, 1.54) is 36.4 Å². The highest BCUT2D eigenvalue weighted by atomic mass is 16.3. The summed E-state index contributed by atoms with van der Waals surface area (Å²) in [6, 6.07) is 13.7. The lowest BCUT2D eigenvalue weighted by Gasteiger charge is -2.20. The normalized spacial score (nSPS) is 11.6. The Hall–Kier alpha value is -3.54. The van der Waals surface area contributed by atoms with Crippen LogP contribution in [0.5, 0.6) is 34.5 Å². The first-order valence-electron chi connectivity index (χ1n) is 11.8. The van der Waals surface area contributed by atoms with Gasteiger partial charge in [-0.1, -0.05) is 62.3 Å². The SMILES string of the molecule is CC(C)(C)c1cc(O)ccc1O.CC(C)(C)c1cc(O)ccc1O.CC(C)(C)c1cc(O)ccc1O. The molecule has 0 saturated carbocycles. The molecule has 36 heavy (non-hydrogen) atoms. The fraction of sp³-hybridized carbons (Fsp3) is 0.400. The van der Waals surface area contributed by atoms with Gasteiger partial charge in [-0.3, -0.25) is 0 Å². The van der Waals surface area contributed by atoms with Crippen molar-refractivity contribution in [1.82, 2.24) is 0 Å². The molecule has 0 heterocycles. The summed E-state index contributed by atoms with van der Waals surface area (Å²) in [5.74, 6) is 1.29. The summed E-state index contributed by atoms with van der Waals surface area (Å²) < 4.78 is 0. The summed E-state index contributed by atoms with van der Waals surface area (Å²) >= 11 is 0. The first-order valence-corrected chi connectivity index (χ1v) is 11.8. The number of benzene rings is 3. The van der Waals surface area contributed by atoms with Gasteiger partial charge >= 0.3 is 0 Å². The number of aromatic hydroxyl groups is 6. The van der Waals surface area contributed by atoms with Crippen molar-refractivity contribution in [2.45, 2.75) is 78.6 Å². The quantitative estimate of drug-likeness (QED) is 0.183. The van der Waals surface area contributed by atoms with Gasteiger partial charge in [0, 0.05) is 16.7 Å². The lowest BCUT2D eigenvalue weighted by molar-refractivity contribution is 0.435. The van der Waals surface area contributed by atoms with Crippen molar-refractivity contribution >= 4 is 0 Å². The summed E-state index contributed by atoms with van der Waals surface area (Å²) in [6.45, 7) is 17.9. The third-order valence-corrected chi connectivity index (χ3v) is 5.36. The maximum atomic E-state index is 9.46. The Kier molecular flexibility index (Phi) is 9.71. The van der Waals surface area contributed by atoms with Crippen molar-refractivity contribution < 1.29 is 30.6 Å². The van der Waals surface area contributed by atoms with Crippen LogP contribution in [0, 0.1) is 0 Å². The molecule has 0 aromatic heterocycles. The minimum Gasteiger partial charge on any atom is -0.508 e. The zero-order chi connectivity index (χ0) is 28.1. The van der Waals surface area contributed by atoms with Crippen LogP contribution in [0.15, 0.2) is 54.6 Å². The minimum absolute atomic E-state index is 0.136. The number of hydrogen-bond donors (Lipinski definition) is 6. The maximum Gasteiger partial charge on any atom is 0.119 e. The van der Waals surface area contributed by atoms with Crippen molar-refractivity contribution in [2.24, 2.45) is 0 Å².